The molecule has 1 atom stereocenters. The van der Waals surface area contributed by atoms with E-state index in [4.69, 9.17) is 9.72 Å². The predicted octanol–water partition coefficient (Wildman–Crippen LogP) is 5.84. The van der Waals surface area contributed by atoms with Crippen LogP contribution in [0.4, 0.5) is 10.8 Å². The van der Waals surface area contributed by atoms with Gasteiger partial charge in [-0.25, -0.2) is 4.98 Å². The van der Waals surface area contributed by atoms with Crippen molar-refractivity contribution in [2.75, 3.05) is 12.4 Å². The highest BCUT2D eigenvalue weighted by atomic mass is 32.1. The van der Waals surface area contributed by atoms with Gasteiger partial charge in [-0.3, -0.25) is 5.32 Å². The van der Waals surface area contributed by atoms with Crippen LogP contribution in [-0.2, 0) is 6.54 Å². The van der Waals surface area contributed by atoms with Gasteiger partial charge >= 0.3 is 0 Å². The molecule has 2 heterocycles. The number of benzene rings is 2. The summed E-state index contributed by atoms with van der Waals surface area (Å²) in [5.74, 6) is 0.843. The Labute approximate surface area is 172 Å². The van der Waals surface area contributed by atoms with Crippen molar-refractivity contribution in [1.82, 2.24) is 10.3 Å². The summed E-state index contributed by atoms with van der Waals surface area (Å²) in [7, 11) is 1.67. The number of hydrogen-bond donors (Lipinski definition) is 2. The highest BCUT2D eigenvalue weighted by Gasteiger charge is 2.15. The van der Waals surface area contributed by atoms with E-state index < -0.39 is 0 Å². The summed E-state index contributed by atoms with van der Waals surface area (Å²) in [5.41, 5.74) is 3.28. The Hall–Kier alpha value is -2.67. The molecule has 0 bridgehead atoms. The SMILES string of the molecule is COc1ccc(Nc2nc(CN[C@H](c3ccccc3)c3cccs3)cs2)cc1. The van der Waals surface area contributed by atoms with E-state index in [-0.39, 0.29) is 6.04 Å². The third-order valence-corrected chi connectivity index (χ3v) is 6.08. The fourth-order valence-corrected chi connectivity index (χ4v) is 4.49. The van der Waals surface area contributed by atoms with Gasteiger partial charge in [0, 0.05) is 22.5 Å². The van der Waals surface area contributed by atoms with Crippen molar-refractivity contribution in [1.29, 1.82) is 0 Å². The average Bonchev–Trinajstić information content (AvgIpc) is 3.42. The number of aromatic nitrogens is 1. The van der Waals surface area contributed by atoms with E-state index in [2.05, 4.69) is 57.8 Å². The third-order valence-electron chi connectivity index (χ3n) is 4.34. The number of methoxy groups -OCH3 is 1. The van der Waals surface area contributed by atoms with Crippen LogP contribution in [0.15, 0.2) is 77.5 Å². The first-order valence-corrected chi connectivity index (χ1v) is 10.7. The summed E-state index contributed by atoms with van der Waals surface area (Å²) in [5, 5.41) is 12.1. The van der Waals surface area contributed by atoms with E-state index >= 15 is 0 Å². The van der Waals surface area contributed by atoms with E-state index in [9.17, 15) is 0 Å². The van der Waals surface area contributed by atoms with Gasteiger partial charge in [0.15, 0.2) is 5.13 Å². The summed E-state index contributed by atoms with van der Waals surface area (Å²) in [6, 6.07) is 22.8. The van der Waals surface area contributed by atoms with Crippen LogP contribution in [0.2, 0.25) is 0 Å². The maximum Gasteiger partial charge on any atom is 0.187 e. The lowest BCUT2D eigenvalue weighted by molar-refractivity contribution is 0.415. The number of thiophene rings is 1. The van der Waals surface area contributed by atoms with Crippen LogP contribution in [-0.4, -0.2) is 12.1 Å². The first kappa shape index (κ1) is 18.7. The van der Waals surface area contributed by atoms with Gasteiger partial charge in [0.1, 0.15) is 5.75 Å². The molecule has 0 amide bonds. The molecule has 0 saturated carbocycles. The number of ether oxygens (including phenoxy) is 1. The van der Waals surface area contributed by atoms with Crippen LogP contribution in [0, 0.1) is 0 Å². The number of nitrogens with one attached hydrogen (secondary N) is 2. The van der Waals surface area contributed by atoms with Crippen molar-refractivity contribution in [2.45, 2.75) is 12.6 Å². The molecule has 0 aliphatic rings. The lowest BCUT2D eigenvalue weighted by Gasteiger charge is -2.17. The summed E-state index contributed by atoms with van der Waals surface area (Å²) in [4.78, 5) is 6.02. The van der Waals surface area contributed by atoms with Gasteiger partial charge in [-0.15, -0.1) is 22.7 Å². The van der Waals surface area contributed by atoms with Crippen LogP contribution >= 0.6 is 22.7 Å². The lowest BCUT2D eigenvalue weighted by atomic mass is 10.1. The Bertz CT molecular complexity index is 982. The minimum Gasteiger partial charge on any atom is -0.497 e. The molecule has 6 heteroatoms. The van der Waals surface area contributed by atoms with Crippen molar-refractivity contribution >= 4 is 33.5 Å². The molecule has 142 valence electrons. The van der Waals surface area contributed by atoms with Gasteiger partial charge in [-0.1, -0.05) is 36.4 Å². The minimum atomic E-state index is 0.167. The number of anilines is 2. The van der Waals surface area contributed by atoms with Gasteiger partial charge in [0.25, 0.3) is 0 Å². The van der Waals surface area contributed by atoms with E-state index in [0.29, 0.717) is 6.54 Å². The summed E-state index contributed by atoms with van der Waals surface area (Å²) < 4.78 is 5.20. The molecule has 4 rings (SSSR count). The zero-order valence-corrected chi connectivity index (χ0v) is 17.1. The molecular formula is C22H21N3OS2. The molecule has 0 unspecified atom stereocenters. The predicted molar refractivity (Wildman–Crippen MR) is 118 cm³/mol. The summed E-state index contributed by atoms with van der Waals surface area (Å²) in [6.45, 7) is 0.707. The molecule has 0 saturated heterocycles. The van der Waals surface area contributed by atoms with Gasteiger partial charge in [0.2, 0.25) is 0 Å². The van der Waals surface area contributed by atoms with Crippen LogP contribution in [0.1, 0.15) is 22.2 Å². The Balaban J connectivity index is 1.42. The molecule has 4 aromatic rings. The topological polar surface area (TPSA) is 46.2 Å². The molecule has 2 aromatic carbocycles. The fourth-order valence-electron chi connectivity index (χ4n) is 2.93. The van der Waals surface area contributed by atoms with E-state index in [0.717, 1.165) is 22.3 Å². The zero-order valence-electron chi connectivity index (χ0n) is 15.5. The van der Waals surface area contributed by atoms with E-state index in [1.165, 1.54) is 10.4 Å². The van der Waals surface area contributed by atoms with Gasteiger partial charge in [-0.2, -0.15) is 0 Å². The quantitative estimate of drug-likeness (QED) is 0.385. The molecule has 2 aromatic heterocycles. The highest BCUT2D eigenvalue weighted by molar-refractivity contribution is 7.13. The summed E-state index contributed by atoms with van der Waals surface area (Å²) in [6.07, 6.45) is 0. The van der Waals surface area contributed by atoms with Gasteiger partial charge < -0.3 is 10.1 Å². The Kier molecular flexibility index (Phi) is 6.01. The normalized spacial score (nSPS) is 11.9. The Morgan fingerprint density at radius 3 is 2.50 bits per heavy atom. The second kappa shape index (κ2) is 9.01. The fraction of sp³-hybridized carbons (Fsp3) is 0.136. The molecule has 0 radical (unpaired) electrons. The van der Waals surface area contributed by atoms with Crippen molar-refractivity contribution in [3.63, 3.8) is 0 Å². The lowest BCUT2D eigenvalue weighted by Crippen LogP contribution is -2.21. The second-order valence-corrected chi connectivity index (χ2v) is 8.07. The Morgan fingerprint density at radius 1 is 0.964 bits per heavy atom. The molecule has 0 aliphatic heterocycles. The molecule has 2 N–H and O–H groups in total. The molecule has 0 aliphatic carbocycles. The standard InChI is InChI=1S/C22H21N3OS2/c1-26-19-11-9-17(10-12-19)24-22-25-18(15-28-22)14-23-21(20-8-5-13-27-20)16-6-3-2-4-7-16/h2-13,15,21,23H,14H2,1H3,(H,24,25)/t21-/m1/s1. The van der Waals surface area contributed by atoms with Crippen LogP contribution in [0.5, 0.6) is 5.75 Å². The van der Waals surface area contributed by atoms with Gasteiger partial charge in [0.05, 0.1) is 18.8 Å². The van der Waals surface area contributed by atoms with E-state index in [1.807, 2.05) is 30.3 Å². The molecule has 0 fully saturated rings. The zero-order chi connectivity index (χ0) is 19.2. The largest absolute Gasteiger partial charge is 0.497 e. The van der Waals surface area contributed by atoms with Gasteiger partial charge in [-0.05, 0) is 41.3 Å². The molecular weight excluding hydrogens is 386 g/mol. The second-order valence-electron chi connectivity index (χ2n) is 6.24. The molecule has 28 heavy (non-hydrogen) atoms. The molecule has 4 nitrogen and oxygen atoms in total. The van der Waals surface area contributed by atoms with E-state index in [1.54, 1.807) is 29.8 Å². The molecule has 0 spiro atoms. The maximum absolute atomic E-state index is 5.20. The monoisotopic (exact) mass is 407 g/mol. The summed E-state index contributed by atoms with van der Waals surface area (Å²) >= 11 is 3.38. The highest BCUT2D eigenvalue weighted by Crippen LogP contribution is 2.27. The van der Waals surface area contributed by atoms with Crippen LogP contribution in [0.25, 0.3) is 0 Å². The van der Waals surface area contributed by atoms with Crippen molar-refractivity contribution in [2.24, 2.45) is 0 Å². The number of rotatable bonds is 8. The smallest absolute Gasteiger partial charge is 0.187 e. The number of thiazole rings is 1. The maximum atomic E-state index is 5.20. The van der Waals surface area contributed by atoms with Crippen molar-refractivity contribution in [3.8, 4) is 5.75 Å². The van der Waals surface area contributed by atoms with Crippen molar-refractivity contribution in [3.05, 3.63) is 93.6 Å². The van der Waals surface area contributed by atoms with Crippen molar-refractivity contribution < 1.29 is 4.74 Å². The average molecular weight is 408 g/mol. The number of nitrogens with zero attached hydrogens (tertiary/aromatic N) is 1. The third kappa shape index (κ3) is 4.59. The first-order chi connectivity index (χ1) is 13.8. The Morgan fingerprint density at radius 2 is 1.79 bits per heavy atom. The number of hydrogen-bond acceptors (Lipinski definition) is 6. The van der Waals surface area contributed by atoms with Crippen LogP contribution in [0.3, 0.4) is 0 Å². The van der Waals surface area contributed by atoms with Crippen LogP contribution < -0.4 is 15.4 Å². The first-order valence-electron chi connectivity index (χ1n) is 8.99. The minimum absolute atomic E-state index is 0.167.